The number of carbonyl (C=O) groups is 2. The Balaban J connectivity index is 0.00000192. The minimum absolute atomic E-state index is 0.0259. The van der Waals surface area contributed by atoms with E-state index in [4.69, 9.17) is 24.2 Å². The van der Waals surface area contributed by atoms with E-state index in [0.717, 1.165) is 69.2 Å². The third-order valence-corrected chi connectivity index (χ3v) is 4.21. The largest absolute Gasteiger partial charge is 0.692 e. The number of ether oxygens (including phenoxy) is 1. The highest BCUT2D eigenvalue weighted by atomic mass is 31.1. The molecule has 1 aromatic carbocycles. The molecule has 0 fully saturated rings. The summed E-state index contributed by atoms with van der Waals surface area (Å²) >= 11 is 0. The van der Waals surface area contributed by atoms with Gasteiger partial charge >= 0.3 is 14.2 Å². The summed E-state index contributed by atoms with van der Waals surface area (Å²) in [5, 5.41) is 11.5. The van der Waals surface area contributed by atoms with E-state index >= 15 is 0 Å². The molecule has 0 aliphatic rings. The summed E-state index contributed by atoms with van der Waals surface area (Å²) < 4.78 is 14.4. The van der Waals surface area contributed by atoms with Gasteiger partial charge in [-0.05, 0) is 31.4 Å². The van der Waals surface area contributed by atoms with Crippen LogP contribution in [0.4, 0.5) is 5.69 Å². The zero-order valence-corrected chi connectivity index (χ0v) is 18.6. The van der Waals surface area contributed by atoms with Gasteiger partial charge in [0.05, 0.1) is 12.3 Å². The third kappa shape index (κ3) is 18.0. The molecule has 1 amide bonds. The molecule has 0 saturated heterocycles. The van der Waals surface area contributed by atoms with Crippen molar-refractivity contribution in [2.24, 2.45) is 0 Å². The van der Waals surface area contributed by atoms with Gasteiger partial charge in [-0.25, -0.2) is 0 Å². The van der Waals surface area contributed by atoms with Crippen molar-refractivity contribution in [1.82, 2.24) is 0 Å². The third-order valence-electron chi connectivity index (χ3n) is 4.21. The maximum Gasteiger partial charge on any atom is 0.692 e. The quantitative estimate of drug-likeness (QED) is 0.220. The number of aliphatic carboxylic acids is 1. The van der Waals surface area contributed by atoms with E-state index in [0.29, 0.717) is 13.0 Å². The highest BCUT2D eigenvalue weighted by molar-refractivity contribution is 7.30. The highest BCUT2D eigenvalue weighted by Gasteiger charge is 2.07. The molecule has 8 nitrogen and oxygen atoms in total. The van der Waals surface area contributed by atoms with Crippen LogP contribution in [0.5, 0.6) is 5.75 Å². The summed E-state index contributed by atoms with van der Waals surface area (Å²) in [6.07, 6.45) is 9.77. The van der Waals surface area contributed by atoms with Crippen molar-refractivity contribution in [2.45, 2.75) is 77.6 Å². The lowest BCUT2D eigenvalue weighted by Crippen LogP contribution is -2.12. The molecule has 9 heteroatoms. The Bertz CT molecular complexity index is 621. The Morgan fingerprint density at radius 2 is 1.47 bits per heavy atom. The first-order valence-electron chi connectivity index (χ1n) is 10.4. The lowest BCUT2D eigenvalue weighted by Gasteiger charge is -2.12. The molecule has 0 spiro atoms. The topological polar surface area (TPSA) is 133 Å². The summed E-state index contributed by atoms with van der Waals surface area (Å²) in [6.45, 7) is 2.78. The van der Waals surface area contributed by atoms with Gasteiger partial charge in [0.2, 0.25) is 5.91 Å². The summed E-state index contributed by atoms with van der Waals surface area (Å²) in [6, 6.07) is 7.56. The summed E-state index contributed by atoms with van der Waals surface area (Å²) in [5.41, 5.74) is 0.743. The molecule has 170 valence electrons. The Kier molecular flexibility index (Phi) is 17.7. The molecular weight excluding hydrogens is 409 g/mol. The number of para-hydroxylation sites is 2. The number of hydrogen-bond acceptors (Lipinski definition) is 4. The fraction of sp³-hybridized carbons (Fsp3) is 0.619. The molecule has 0 saturated carbocycles. The number of carboxylic acid groups (broad SMARTS) is 1. The second kappa shape index (κ2) is 19.0. The number of nitrogens with one attached hydrogen (secondary N) is 1. The van der Waals surface area contributed by atoms with E-state index in [1.54, 1.807) is 0 Å². The van der Waals surface area contributed by atoms with Crippen molar-refractivity contribution < 1.29 is 33.8 Å². The molecule has 0 aromatic heterocycles. The number of carboxylic acids is 1. The minimum Gasteiger partial charge on any atom is -0.491 e. The number of unbranched alkanes of at least 4 members (excludes halogenated alkanes) is 7. The van der Waals surface area contributed by atoms with Crippen LogP contribution in [0.25, 0.3) is 0 Å². The van der Waals surface area contributed by atoms with Gasteiger partial charge in [-0.3, -0.25) is 9.59 Å². The molecule has 1 rings (SSSR count). The zero-order chi connectivity index (χ0) is 22.6. The van der Waals surface area contributed by atoms with Crippen LogP contribution in [0.1, 0.15) is 77.6 Å². The van der Waals surface area contributed by atoms with Gasteiger partial charge in [0.15, 0.2) is 0 Å². The van der Waals surface area contributed by atoms with E-state index in [9.17, 15) is 9.59 Å². The average Bonchev–Trinajstić information content (AvgIpc) is 2.67. The number of benzene rings is 1. The first kappa shape index (κ1) is 28.0. The molecule has 0 aliphatic carbocycles. The first-order chi connectivity index (χ1) is 14.4. The predicted octanol–water partition coefficient (Wildman–Crippen LogP) is 5.03. The summed E-state index contributed by atoms with van der Waals surface area (Å²) in [7, 11) is -2.87. The maximum absolute atomic E-state index is 12.1. The molecule has 0 aliphatic heterocycles. The Labute approximate surface area is 179 Å². The van der Waals surface area contributed by atoms with Crippen molar-refractivity contribution in [3.8, 4) is 5.75 Å². The van der Waals surface area contributed by atoms with Crippen LogP contribution >= 0.6 is 8.25 Å². The normalized spacial score (nSPS) is 9.97. The van der Waals surface area contributed by atoms with Crippen molar-refractivity contribution in [1.29, 1.82) is 0 Å². The van der Waals surface area contributed by atoms with E-state index in [1.807, 2.05) is 24.3 Å². The van der Waals surface area contributed by atoms with Crippen LogP contribution in [-0.4, -0.2) is 33.4 Å². The van der Waals surface area contributed by atoms with Crippen molar-refractivity contribution in [3.05, 3.63) is 24.3 Å². The molecule has 4 N–H and O–H groups in total. The minimum atomic E-state index is -2.87. The van der Waals surface area contributed by atoms with Gasteiger partial charge in [-0.15, -0.1) is 9.79 Å². The van der Waals surface area contributed by atoms with Crippen LogP contribution < -0.4 is 10.1 Å². The molecular formula is C21H35NO7P+. The number of anilines is 1. The fourth-order valence-electron chi connectivity index (χ4n) is 2.68. The molecule has 30 heavy (non-hydrogen) atoms. The molecule has 0 atom stereocenters. The lowest BCUT2D eigenvalue weighted by molar-refractivity contribution is -0.137. The van der Waals surface area contributed by atoms with E-state index in [-0.39, 0.29) is 12.3 Å². The SMILES string of the molecule is CCCCOc1ccccc1NC(=O)CCCCCCCCCC(=O)O.O=[P+](O)O. The van der Waals surface area contributed by atoms with E-state index < -0.39 is 14.2 Å². The van der Waals surface area contributed by atoms with Crippen LogP contribution in [0, 0.1) is 0 Å². The molecule has 0 bridgehead atoms. The number of rotatable bonds is 15. The summed E-state index contributed by atoms with van der Waals surface area (Å²) in [4.78, 5) is 36.8. The monoisotopic (exact) mass is 444 g/mol. The number of carbonyl (C=O) groups excluding carboxylic acids is 1. The molecule has 0 radical (unpaired) electrons. The lowest BCUT2D eigenvalue weighted by atomic mass is 10.1. The van der Waals surface area contributed by atoms with Crippen molar-refractivity contribution in [3.63, 3.8) is 0 Å². The Morgan fingerprint density at radius 3 is 2.03 bits per heavy atom. The standard InChI is InChI=1S/C21H33NO4.HO3P/c1-2-3-17-26-19-14-12-11-13-18(19)22-20(23)15-9-7-5-4-6-8-10-16-21(24)25;1-4(2)3/h11-14H,2-10,15-17H2,1H3,(H,22,23)(H,24,25);(H-,1,2,3)/p+1. The van der Waals surface area contributed by atoms with Gasteiger partial charge in [0.25, 0.3) is 0 Å². The van der Waals surface area contributed by atoms with Gasteiger partial charge < -0.3 is 15.2 Å². The molecule has 0 heterocycles. The van der Waals surface area contributed by atoms with Crippen molar-refractivity contribution >= 4 is 25.8 Å². The zero-order valence-electron chi connectivity index (χ0n) is 17.7. The van der Waals surface area contributed by atoms with E-state index in [1.165, 1.54) is 0 Å². The predicted molar refractivity (Wildman–Crippen MR) is 117 cm³/mol. The van der Waals surface area contributed by atoms with Crippen LogP contribution in [0.15, 0.2) is 24.3 Å². The Morgan fingerprint density at radius 1 is 0.933 bits per heavy atom. The van der Waals surface area contributed by atoms with E-state index in [2.05, 4.69) is 12.2 Å². The second-order valence-corrected chi connectivity index (χ2v) is 7.37. The van der Waals surface area contributed by atoms with Crippen LogP contribution in [0.2, 0.25) is 0 Å². The Hall–Kier alpha value is -2.02. The maximum atomic E-state index is 12.1. The van der Waals surface area contributed by atoms with Crippen LogP contribution in [-0.2, 0) is 14.2 Å². The number of hydrogen-bond donors (Lipinski definition) is 4. The van der Waals surface area contributed by atoms with Gasteiger partial charge in [0.1, 0.15) is 5.75 Å². The van der Waals surface area contributed by atoms with Gasteiger partial charge in [0, 0.05) is 17.4 Å². The smallest absolute Gasteiger partial charge is 0.491 e. The van der Waals surface area contributed by atoms with Crippen LogP contribution in [0.3, 0.4) is 0 Å². The van der Waals surface area contributed by atoms with Crippen molar-refractivity contribution in [2.75, 3.05) is 11.9 Å². The molecule has 0 unspecified atom stereocenters. The highest BCUT2D eigenvalue weighted by Crippen LogP contribution is 2.24. The second-order valence-electron chi connectivity index (χ2n) is 6.87. The fourth-order valence-corrected chi connectivity index (χ4v) is 2.68. The first-order valence-corrected chi connectivity index (χ1v) is 11.6. The van der Waals surface area contributed by atoms with Gasteiger partial charge in [-0.1, -0.05) is 57.6 Å². The number of amides is 1. The average molecular weight is 444 g/mol. The van der Waals surface area contributed by atoms with Gasteiger partial charge in [-0.2, -0.15) is 0 Å². The summed E-state index contributed by atoms with van der Waals surface area (Å²) in [5.74, 6) is 0.0435. The molecule has 1 aromatic rings.